The molecule has 2 heterocycles. The Bertz CT molecular complexity index is 724. The van der Waals surface area contributed by atoms with E-state index in [0.29, 0.717) is 17.1 Å². The van der Waals surface area contributed by atoms with Gasteiger partial charge in [-0.1, -0.05) is 18.2 Å². The Morgan fingerprint density at radius 2 is 2.17 bits per heavy atom. The number of nitrogens with two attached hydrogens (primary N) is 2. The Kier molecular flexibility index (Phi) is 6.76. The van der Waals surface area contributed by atoms with E-state index in [2.05, 4.69) is 52.8 Å². The lowest BCUT2D eigenvalue weighted by atomic mass is 10.0. The van der Waals surface area contributed by atoms with Crippen LogP contribution in [-0.4, -0.2) is 35.8 Å². The molecule has 0 bridgehead atoms. The third kappa shape index (κ3) is 4.25. The van der Waals surface area contributed by atoms with E-state index in [-0.39, 0.29) is 42.3 Å². The number of benzene rings is 1. The molecule has 0 aromatic heterocycles. The van der Waals surface area contributed by atoms with Crippen LogP contribution in [0, 0.1) is 0 Å². The minimum atomic E-state index is -0.0399. The minimum Gasteiger partial charge on any atom is -0.369 e. The third-order valence-electron chi connectivity index (χ3n) is 3.96. The predicted octanol–water partition coefficient (Wildman–Crippen LogP) is 1.59. The molecule has 0 amide bonds. The number of guanidine groups is 2. The van der Waals surface area contributed by atoms with Gasteiger partial charge < -0.3 is 11.5 Å². The largest absolute Gasteiger partial charge is 0.382 e. The van der Waals surface area contributed by atoms with Crippen molar-refractivity contribution in [3.63, 3.8) is 0 Å². The standard InChI is InChI=1S/C15H20N7.ClH.HI/c1-10-8-13(19-15-21-22(10,15)2)12-5-3-4-11(9-12)6-7-18-20-14(16)17;;/h3-5,7-10H,6H2,1-2H3,(H,19,21)(H4,16,17,20);2*1H/q+1;;. The second-order valence-corrected chi connectivity index (χ2v) is 5.62. The number of quaternary nitrogens is 1. The zero-order chi connectivity index (χ0) is 15.7. The molecule has 1 aromatic carbocycles. The summed E-state index contributed by atoms with van der Waals surface area (Å²) >= 11 is 0. The van der Waals surface area contributed by atoms with Gasteiger partial charge in [0.2, 0.25) is 5.96 Å². The SMILES string of the molecule is CC1C=C(c2cccc(CC=NN=C(N)N)c2)NC2=N[N+]21C.Cl.I. The summed E-state index contributed by atoms with van der Waals surface area (Å²) in [6, 6.07) is 8.64. The van der Waals surface area contributed by atoms with Crippen LogP contribution in [0.25, 0.3) is 5.70 Å². The molecular formula is C15H22ClIN7+. The lowest BCUT2D eigenvalue weighted by Crippen LogP contribution is -2.44. The maximum Gasteiger partial charge on any atom is 0.382 e. The fourth-order valence-electron chi connectivity index (χ4n) is 2.43. The second kappa shape index (κ2) is 7.95. The summed E-state index contributed by atoms with van der Waals surface area (Å²) in [4.78, 5) is 0. The molecule has 2 aliphatic heterocycles. The molecule has 2 unspecified atom stereocenters. The Morgan fingerprint density at radius 1 is 1.42 bits per heavy atom. The fraction of sp³-hybridized carbons (Fsp3) is 0.267. The number of fused-ring (bicyclic) bond motifs is 1. The van der Waals surface area contributed by atoms with Gasteiger partial charge in [-0.2, -0.15) is 5.10 Å². The Labute approximate surface area is 164 Å². The Balaban J connectivity index is 0.00000144. The molecule has 0 fully saturated rings. The molecule has 130 valence electrons. The van der Waals surface area contributed by atoms with Crippen LogP contribution in [0.5, 0.6) is 0 Å². The van der Waals surface area contributed by atoms with Crippen LogP contribution in [0.2, 0.25) is 0 Å². The molecule has 2 atom stereocenters. The number of likely N-dealkylation sites (N-methyl/N-ethyl adjacent to an activating group) is 1. The summed E-state index contributed by atoms with van der Waals surface area (Å²) in [5, 5.41) is 15.3. The van der Waals surface area contributed by atoms with Crippen molar-refractivity contribution < 1.29 is 4.59 Å². The number of halogens is 2. The highest BCUT2D eigenvalue weighted by Gasteiger charge is 2.53. The molecular weight excluding hydrogens is 441 g/mol. The van der Waals surface area contributed by atoms with Gasteiger partial charge >= 0.3 is 5.96 Å². The van der Waals surface area contributed by atoms with Crippen LogP contribution in [0.15, 0.2) is 45.6 Å². The van der Waals surface area contributed by atoms with Crippen molar-refractivity contribution in [2.75, 3.05) is 7.05 Å². The van der Waals surface area contributed by atoms with Gasteiger partial charge in [0.05, 0.1) is 5.70 Å². The van der Waals surface area contributed by atoms with Gasteiger partial charge in [0.15, 0.2) is 0 Å². The molecule has 0 saturated carbocycles. The van der Waals surface area contributed by atoms with Crippen LogP contribution < -0.4 is 16.8 Å². The average molecular weight is 463 g/mol. The first kappa shape index (κ1) is 20.4. The number of rotatable bonds is 4. The topological polar surface area (TPSA) is 101 Å². The normalized spacial score (nSPS) is 23.7. The summed E-state index contributed by atoms with van der Waals surface area (Å²) in [6.07, 6.45) is 4.57. The molecule has 7 nitrogen and oxygen atoms in total. The van der Waals surface area contributed by atoms with E-state index < -0.39 is 0 Å². The van der Waals surface area contributed by atoms with Gasteiger partial charge in [0.25, 0.3) is 0 Å². The quantitative estimate of drug-likeness (QED) is 0.208. The number of hydrogen-bond acceptors (Lipinski definition) is 4. The number of nitrogens with zero attached hydrogens (tertiary/aromatic N) is 4. The lowest BCUT2D eigenvalue weighted by Gasteiger charge is -2.22. The molecule has 24 heavy (non-hydrogen) atoms. The molecule has 0 aliphatic carbocycles. The van der Waals surface area contributed by atoms with Crippen molar-refractivity contribution in [2.45, 2.75) is 19.4 Å². The fourth-order valence-corrected chi connectivity index (χ4v) is 2.43. The van der Waals surface area contributed by atoms with E-state index in [1.165, 1.54) is 0 Å². The van der Waals surface area contributed by atoms with Gasteiger partial charge in [-0.15, -0.1) is 46.1 Å². The molecule has 0 saturated heterocycles. The van der Waals surface area contributed by atoms with Crippen LogP contribution in [-0.2, 0) is 6.42 Å². The van der Waals surface area contributed by atoms with E-state index in [1.807, 2.05) is 12.1 Å². The van der Waals surface area contributed by atoms with Crippen molar-refractivity contribution in [1.29, 1.82) is 0 Å². The van der Waals surface area contributed by atoms with Crippen LogP contribution >= 0.6 is 36.4 Å². The van der Waals surface area contributed by atoms with Crippen molar-refractivity contribution in [1.82, 2.24) is 5.32 Å². The molecule has 3 rings (SSSR count). The molecule has 9 heteroatoms. The maximum atomic E-state index is 5.22. The summed E-state index contributed by atoms with van der Waals surface area (Å²) < 4.78 is 0.647. The van der Waals surface area contributed by atoms with E-state index in [0.717, 1.165) is 22.8 Å². The van der Waals surface area contributed by atoms with Crippen molar-refractivity contribution >= 4 is 60.2 Å². The van der Waals surface area contributed by atoms with E-state index in [4.69, 9.17) is 11.5 Å². The highest BCUT2D eigenvalue weighted by molar-refractivity contribution is 14.0. The first-order valence-electron chi connectivity index (χ1n) is 7.14. The van der Waals surface area contributed by atoms with E-state index in [1.54, 1.807) is 6.21 Å². The summed E-state index contributed by atoms with van der Waals surface area (Å²) in [5.41, 5.74) is 13.8. The first-order valence-corrected chi connectivity index (χ1v) is 7.14. The highest BCUT2D eigenvalue weighted by atomic mass is 127. The van der Waals surface area contributed by atoms with Crippen LogP contribution in [0.1, 0.15) is 18.1 Å². The first-order chi connectivity index (χ1) is 10.5. The van der Waals surface area contributed by atoms with Crippen molar-refractivity contribution in [3.8, 4) is 0 Å². The van der Waals surface area contributed by atoms with E-state index >= 15 is 0 Å². The Hall–Kier alpha value is -1.65. The summed E-state index contributed by atoms with van der Waals surface area (Å²) in [7, 11) is 2.09. The summed E-state index contributed by atoms with van der Waals surface area (Å²) in [6.45, 7) is 2.17. The van der Waals surface area contributed by atoms with Gasteiger partial charge in [0, 0.05) is 17.7 Å². The minimum absolute atomic E-state index is 0. The van der Waals surface area contributed by atoms with Gasteiger partial charge in [-0.3, -0.25) is 5.32 Å². The number of nitrogens with one attached hydrogen (secondary N) is 1. The van der Waals surface area contributed by atoms with Gasteiger partial charge in [-0.05, 0) is 30.2 Å². The second-order valence-electron chi connectivity index (χ2n) is 5.62. The molecule has 2 aliphatic rings. The smallest absolute Gasteiger partial charge is 0.369 e. The van der Waals surface area contributed by atoms with Crippen molar-refractivity contribution in [2.24, 2.45) is 26.8 Å². The van der Waals surface area contributed by atoms with E-state index in [9.17, 15) is 0 Å². The predicted molar refractivity (Wildman–Crippen MR) is 111 cm³/mol. The zero-order valence-corrected chi connectivity index (χ0v) is 16.7. The molecule has 0 radical (unpaired) electrons. The van der Waals surface area contributed by atoms with Crippen LogP contribution in [0.4, 0.5) is 0 Å². The molecule has 1 aromatic rings. The Morgan fingerprint density at radius 3 is 2.83 bits per heavy atom. The van der Waals surface area contributed by atoms with Gasteiger partial charge in [0.1, 0.15) is 13.1 Å². The average Bonchev–Trinajstić information content (AvgIpc) is 3.16. The monoisotopic (exact) mass is 462 g/mol. The summed E-state index contributed by atoms with van der Waals surface area (Å²) in [5.74, 6) is 0.978. The van der Waals surface area contributed by atoms with Crippen LogP contribution in [0.3, 0.4) is 0 Å². The maximum absolute atomic E-state index is 5.22. The lowest BCUT2D eigenvalue weighted by molar-refractivity contribution is -0.785. The number of hydrogen-bond donors (Lipinski definition) is 3. The van der Waals surface area contributed by atoms with Crippen molar-refractivity contribution in [3.05, 3.63) is 41.5 Å². The molecule has 0 spiro atoms. The highest BCUT2D eigenvalue weighted by Crippen LogP contribution is 2.32. The van der Waals surface area contributed by atoms with Gasteiger partial charge in [-0.25, -0.2) is 0 Å². The molecule has 5 N–H and O–H groups in total. The zero-order valence-electron chi connectivity index (χ0n) is 13.5. The third-order valence-corrected chi connectivity index (χ3v) is 3.96.